The Kier molecular flexibility index (Phi) is 10.4. The van der Waals surface area contributed by atoms with E-state index in [9.17, 15) is 14.9 Å². The maximum Gasteiger partial charge on any atom is 0.234 e. The summed E-state index contributed by atoms with van der Waals surface area (Å²) in [6.07, 6.45) is 14.8. The Morgan fingerprint density at radius 1 is 0.915 bits per heavy atom. The number of nitriles is 1. The highest BCUT2D eigenvalue weighted by Crippen LogP contribution is 2.40. The summed E-state index contributed by atoms with van der Waals surface area (Å²) >= 11 is 1.64. The van der Waals surface area contributed by atoms with Gasteiger partial charge in [-0.15, -0.1) is 10.2 Å². The van der Waals surface area contributed by atoms with Crippen molar-refractivity contribution in [3.8, 4) is 33.9 Å². The number of rotatable bonds is 10. The number of imide groups is 1. The number of aromatic nitrogens is 6. The predicted octanol–water partition coefficient (Wildman–Crippen LogP) is 5.58. The third kappa shape index (κ3) is 7.86. The molecule has 0 radical (unpaired) electrons. The molecule has 1 aliphatic carbocycles. The molecule has 4 saturated heterocycles. The lowest BCUT2D eigenvalue weighted by atomic mass is 9.86. The maximum atomic E-state index is 12.3. The molecule has 9 heterocycles. The van der Waals surface area contributed by atoms with Crippen LogP contribution in [-0.2, 0) is 14.3 Å². The topological polar surface area (TPSA) is 176 Å². The van der Waals surface area contributed by atoms with E-state index in [4.69, 9.17) is 24.7 Å². The standard InChI is InChI=1S/C43H47N11O4S/c44-19-27-17-30-6-10-38(54(30)47-20-27)37-18-36(48-29-13-15-57-16-14-29)35(22-45-37)42-50-51-43(59-42)52-24-31-4-5-32(25-52)53(31)23-26-1-7-33(8-2-26)58-40-12-3-28(21-46-40)34-9-11-39(55)49-41(34)56/h3,6,10,12,17-18,20-22,26,29,31-34H,1-2,4-5,7-9,11,13-16,23-25H2,(H,45,48)(H,49,55,56)/t26?,31-,32-,33?,34-/m1/s1. The molecule has 5 aromatic rings. The minimum atomic E-state index is -0.338. The Hall–Kier alpha value is -5.50. The molecule has 2 N–H and O–H groups in total. The molecule has 5 aliphatic rings. The Balaban J connectivity index is 0.770. The van der Waals surface area contributed by atoms with Crippen molar-refractivity contribution in [1.29, 1.82) is 5.26 Å². The molecule has 10 rings (SSSR count). The number of amides is 2. The molecule has 2 bridgehead atoms. The average Bonchev–Trinajstić information content (AvgIpc) is 3.98. The number of anilines is 2. The van der Waals surface area contributed by atoms with Gasteiger partial charge >= 0.3 is 0 Å². The van der Waals surface area contributed by atoms with Gasteiger partial charge in [0.05, 0.1) is 40.1 Å². The van der Waals surface area contributed by atoms with Crippen LogP contribution in [0.5, 0.6) is 5.88 Å². The van der Waals surface area contributed by atoms with Crippen LogP contribution in [0, 0.1) is 17.2 Å². The van der Waals surface area contributed by atoms with Gasteiger partial charge in [-0.05, 0) is 93.5 Å². The first-order valence-corrected chi connectivity index (χ1v) is 21.8. The van der Waals surface area contributed by atoms with Gasteiger partial charge in [-0.3, -0.25) is 24.8 Å². The van der Waals surface area contributed by atoms with E-state index in [1.54, 1.807) is 23.7 Å². The largest absolute Gasteiger partial charge is 0.474 e. The van der Waals surface area contributed by atoms with Crippen LogP contribution in [0.2, 0.25) is 0 Å². The Labute approximate surface area is 346 Å². The van der Waals surface area contributed by atoms with E-state index in [0.717, 1.165) is 115 Å². The molecule has 304 valence electrons. The second kappa shape index (κ2) is 16.3. The zero-order valence-electron chi connectivity index (χ0n) is 32.8. The van der Waals surface area contributed by atoms with E-state index in [0.29, 0.717) is 42.3 Å². The normalized spacial score (nSPS) is 25.2. The van der Waals surface area contributed by atoms with E-state index in [-0.39, 0.29) is 29.9 Å². The molecular formula is C43H47N11O4S. The van der Waals surface area contributed by atoms with Gasteiger partial charge in [0.15, 0.2) is 5.01 Å². The van der Waals surface area contributed by atoms with E-state index in [1.165, 1.54) is 12.8 Å². The van der Waals surface area contributed by atoms with Gasteiger partial charge < -0.3 is 19.7 Å². The summed E-state index contributed by atoms with van der Waals surface area (Å²) in [5.41, 5.74) is 5.73. The molecule has 3 atom stereocenters. The number of ether oxygens (including phenoxy) is 2. The lowest BCUT2D eigenvalue weighted by Gasteiger charge is -2.43. The highest BCUT2D eigenvalue weighted by atomic mass is 32.1. The van der Waals surface area contributed by atoms with Crippen LogP contribution in [0.3, 0.4) is 0 Å². The molecule has 5 aromatic heterocycles. The van der Waals surface area contributed by atoms with Crippen molar-refractivity contribution in [3.05, 3.63) is 66.1 Å². The number of carbonyl (C=O) groups is 2. The van der Waals surface area contributed by atoms with Crippen LogP contribution >= 0.6 is 11.3 Å². The van der Waals surface area contributed by atoms with Crippen LogP contribution < -0.4 is 20.3 Å². The van der Waals surface area contributed by atoms with Crippen molar-refractivity contribution in [2.45, 2.75) is 94.4 Å². The third-order valence-electron chi connectivity index (χ3n) is 12.9. The minimum absolute atomic E-state index is 0.142. The molecule has 2 amide bonds. The monoisotopic (exact) mass is 813 g/mol. The molecule has 15 nitrogen and oxygen atoms in total. The van der Waals surface area contributed by atoms with Gasteiger partial charge in [0.25, 0.3) is 0 Å². The maximum absolute atomic E-state index is 12.3. The van der Waals surface area contributed by atoms with E-state index < -0.39 is 0 Å². The molecule has 0 spiro atoms. The number of fused-ring (bicyclic) bond motifs is 3. The number of piperidine rings is 1. The van der Waals surface area contributed by atoms with Crippen molar-refractivity contribution in [2.24, 2.45) is 5.92 Å². The molecule has 16 heteroatoms. The number of carbonyl (C=O) groups excluding carboxylic acids is 2. The summed E-state index contributed by atoms with van der Waals surface area (Å²) < 4.78 is 13.8. The minimum Gasteiger partial charge on any atom is -0.474 e. The number of piperazine rings is 1. The number of nitrogens with zero attached hydrogens (tertiary/aromatic N) is 9. The van der Waals surface area contributed by atoms with Crippen LogP contribution in [0.15, 0.2) is 55.0 Å². The number of hydrogen-bond acceptors (Lipinski definition) is 14. The van der Waals surface area contributed by atoms with Crippen LogP contribution in [0.1, 0.15) is 81.3 Å². The van der Waals surface area contributed by atoms with Crippen LogP contribution in [0.4, 0.5) is 10.8 Å². The SMILES string of the molecule is N#Cc1cnn2c(-c3cc(NC4CCOCC4)c(-c4nnc(N5C[C@H]6CC[C@H](C5)N6CC5CCC(Oc6ccc([C@H]7CCC(=O)NC7=O)cn6)CC5)s4)cn3)ccc2c1. The summed E-state index contributed by atoms with van der Waals surface area (Å²) in [7, 11) is 0. The summed E-state index contributed by atoms with van der Waals surface area (Å²) in [6.45, 7) is 4.50. The highest BCUT2D eigenvalue weighted by Gasteiger charge is 2.42. The first-order chi connectivity index (χ1) is 28.9. The highest BCUT2D eigenvalue weighted by molar-refractivity contribution is 7.18. The molecule has 59 heavy (non-hydrogen) atoms. The van der Waals surface area contributed by atoms with Crippen molar-refractivity contribution in [1.82, 2.24) is 40.0 Å². The average molecular weight is 814 g/mol. The summed E-state index contributed by atoms with van der Waals surface area (Å²) in [5, 5.41) is 31.4. The lowest BCUT2D eigenvalue weighted by Crippen LogP contribution is -2.55. The molecule has 0 unspecified atom stereocenters. The second-order valence-corrected chi connectivity index (χ2v) is 17.6. The van der Waals surface area contributed by atoms with Crippen LogP contribution in [-0.4, -0.2) is 104 Å². The summed E-state index contributed by atoms with van der Waals surface area (Å²) in [5.74, 6) is 0.446. The fraction of sp³-hybridized carbons (Fsp3) is 0.488. The smallest absolute Gasteiger partial charge is 0.234 e. The number of hydrogen-bond donors (Lipinski definition) is 2. The number of nitrogens with one attached hydrogen (secondary N) is 2. The lowest BCUT2D eigenvalue weighted by molar-refractivity contribution is -0.134. The molecular weight excluding hydrogens is 767 g/mol. The van der Waals surface area contributed by atoms with E-state index >= 15 is 0 Å². The molecule has 4 aliphatic heterocycles. The predicted molar refractivity (Wildman–Crippen MR) is 221 cm³/mol. The summed E-state index contributed by atoms with van der Waals surface area (Å²) in [4.78, 5) is 38.5. The fourth-order valence-corrected chi connectivity index (χ4v) is 10.6. The zero-order chi connectivity index (χ0) is 39.9. The van der Waals surface area contributed by atoms with Gasteiger partial charge in [0.1, 0.15) is 12.2 Å². The first kappa shape index (κ1) is 37.7. The molecule has 5 fully saturated rings. The van der Waals surface area contributed by atoms with Crippen molar-refractivity contribution in [3.63, 3.8) is 0 Å². The van der Waals surface area contributed by atoms with Crippen molar-refractivity contribution < 1.29 is 19.1 Å². The van der Waals surface area contributed by atoms with Crippen molar-refractivity contribution in [2.75, 3.05) is 43.1 Å². The molecule has 1 saturated carbocycles. The van der Waals surface area contributed by atoms with Gasteiger partial charge in [0.2, 0.25) is 22.8 Å². The summed E-state index contributed by atoms with van der Waals surface area (Å²) in [6, 6.07) is 15.1. The Morgan fingerprint density at radius 3 is 2.51 bits per heavy atom. The van der Waals surface area contributed by atoms with Gasteiger partial charge in [-0.2, -0.15) is 10.4 Å². The molecule has 0 aromatic carbocycles. The Morgan fingerprint density at radius 2 is 1.75 bits per heavy atom. The van der Waals surface area contributed by atoms with Crippen LogP contribution in [0.25, 0.3) is 27.5 Å². The zero-order valence-corrected chi connectivity index (χ0v) is 33.6. The third-order valence-corrected chi connectivity index (χ3v) is 13.9. The van der Waals surface area contributed by atoms with Gasteiger partial charge in [-0.25, -0.2) is 9.50 Å². The number of pyridine rings is 2. The van der Waals surface area contributed by atoms with Gasteiger partial charge in [0, 0.05) is 81.5 Å². The van der Waals surface area contributed by atoms with Crippen molar-refractivity contribution >= 4 is 39.5 Å². The van der Waals surface area contributed by atoms with E-state index in [1.807, 2.05) is 41.0 Å². The first-order valence-electron chi connectivity index (χ1n) is 21.0. The fourth-order valence-electron chi connectivity index (χ4n) is 9.68. The second-order valence-electron chi connectivity index (χ2n) is 16.6. The quantitative estimate of drug-likeness (QED) is 0.167. The Bertz CT molecular complexity index is 2370. The van der Waals surface area contributed by atoms with Gasteiger partial charge in [-0.1, -0.05) is 17.4 Å². The van der Waals surface area contributed by atoms with E-state index in [2.05, 4.69) is 42.7 Å².